The number of nitrogens with one attached hydrogen (secondary N) is 2. The Morgan fingerprint density at radius 2 is 2.17 bits per heavy atom. The summed E-state index contributed by atoms with van der Waals surface area (Å²) < 4.78 is 0. The third-order valence-corrected chi connectivity index (χ3v) is 5.46. The summed E-state index contributed by atoms with van der Waals surface area (Å²) in [6.45, 7) is 1.78. The number of hydrogen-bond acceptors (Lipinski definition) is 3. The maximum absolute atomic E-state index is 12.7. The van der Waals surface area contributed by atoms with Crippen LogP contribution >= 0.6 is 0 Å². The maximum Gasteiger partial charge on any atom is 0.224 e. The molecule has 2 fully saturated rings. The summed E-state index contributed by atoms with van der Waals surface area (Å²) in [5.74, 6) is 0.323. The highest BCUT2D eigenvalue weighted by molar-refractivity contribution is 5.80. The Morgan fingerprint density at radius 1 is 1.29 bits per heavy atom. The molecule has 0 unspecified atom stereocenters. The molecule has 2 aliphatic rings. The van der Waals surface area contributed by atoms with Crippen molar-refractivity contribution in [1.82, 2.24) is 20.4 Å². The molecule has 0 aliphatic carbocycles. The summed E-state index contributed by atoms with van der Waals surface area (Å²) in [5.41, 5.74) is 2.41. The maximum atomic E-state index is 12.7. The summed E-state index contributed by atoms with van der Waals surface area (Å²) >= 11 is 0. The molecule has 0 saturated carbocycles. The van der Waals surface area contributed by atoms with Crippen molar-refractivity contribution in [1.29, 1.82) is 0 Å². The lowest BCUT2D eigenvalue weighted by molar-refractivity contribution is -0.125. The van der Waals surface area contributed by atoms with E-state index in [0.717, 1.165) is 31.5 Å². The summed E-state index contributed by atoms with van der Waals surface area (Å²) in [4.78, 5) is 15.3. The number of amides is 1. The molecule has 2 aromatic rings. The van der Waals surface area contributed by atoms with Crippen LogP contribution in [0.4, 0.5) is 0 Å². The monoisotopic (exact) mass is 324 g/mol. The second kappa shape index (κ2) is 6.77. The molecule has 1 aromatic carbocycles. The number of hydrogen-bond donors (Lipinski definition) is 2. The zero-order valence-corrected chi connectivity index (χ0v) is 13.8. The Balaban J connectivity index is 1.40. The van der Waals surface area contributed by atoms with Crippen molar-refractivity contribution in [3.05, 3.63) is 53.9 Å². The van der Waals surface area contributed by atoms with Crippen molar-refractivity contribution in [2.45, 2.75) is 37.8 Å². The van der Waals surface area contributed by atoms with Crippen molar-refractivity contribution >= 4 is 5.91 Å². The molecule has 24 heavy (non-hydrogen) atoms. The highest BCUT2D eigenvalue weighted by atomic mass is 16.2. The van der Waals surface area contributed by atoms with Crippen LogP contribution in [-0.4, -0.2) is 40.1 Å². The normalized spacial score (nSPS) is 26.4. The van der Waals surface area contributed by atoms with E-state index in [9.17, 15) is 4.79 Å². The summed E-state index contributed by atoms with van der Waals surface area (Å²) in [6.07, 6.45) is 5.82. The average Bonchev–Trinajstić information content (AvgIpc) is 3.33. The van der Waals surface area contributed by atoms with Crippen molar-refractivity contribution < 1.29 is 4.79 Å². The Hall–Kier alpha value is -2.14. The molecule has 126 valence electrons. The number of rotatable bonds is 5. The first-order valence-electron chi connectivity index (χ1n) is 8.89. The van der Waals surface area contributed by atoms with Crippen molar-refractivity contribution in [3.8, 4) is 0 Å². The van der Waals surface area contributed by atoms with Gasteiger partial charge in [0.05, 0.1) is 5.92 Å². The van der Waals surface area contributed by atoms with E-state index < -0.39 is 0 Å². The van der Waals surface area contributed by atoms with E-state index >= 15 is 0 Å². The van der Waals surface area contributed by atoms with Crippen molar-refractivity contribution in [2.75, 3.05) is 13.1 Å². The van der Waals surface area contributed by atoms with Crippen LogP contribution in [0.15, 0.2) is 42.6 Å². The predicted octanol–water partition coefficient (Wildman–Crippen LogP) is 2.29. The average molecular weight is 324 g/mol. The molecule has 3 atom stereocenters. The molecule has 5 nitrogen and oxygen atoms in total. The van der Waals surface area contributed by atoms with E-state index in [0.29, 0.717) is 18.6 Å². The minimum atomic E-state index is 0.111. The van der Waals surface area contributed by atoms with Gasteiger partial charge in [0, 0.05) is 36.9 Å². The molecular weight excluding hydrogens is 300 g/mol. The van der Waals surface area contributed by atoms with Crippen molar-refractivity contribution in [3.63, 3.8) is 0 Å². The van der Waals surface area contributed by atoms with Gasteiger partial charge in [-0.15, -0.1) is 0 Å². The van der Waals surface area contributed by atoms with Crippen LogP contribution in [0.25, 0.3) is 0 Å². The molecule has 2 aliphatic heterocycles. The van der Waals surface area contributed by atoms with E-state index in [1.165, 1.54) is 12.0 Å². The Bertz CT molecular complexity index is 670. The van der Waals surface area contributed by atoms with Gasteiger partial charge in [0.25, 0.3) is 0 Å². The highest BCUT2D eigenvalue weighted by Gasteiger charge is 2.46. The van der Waals surface area contributed by atoms with Gasteiger partial charge >= 0.3 is 0 Å². The number of carbonyl (C=O) groups is 1. The first-order valence-corrected chi connectivity index (χ1v) is 8.89. The lowest BCUT2D eigenvalue weighted by atomic mass is 9.93. The molecule has 2 N–H and O–H groups in total. The van der Waals surface area contributed by atoms with Crippen LogP contribution in [0.1, 0.15) is 36.6 Å². The fourth-order valence-electron chi connectivity index (χ4n) is 4.33. The topological polar surface area (TPSA) is 61.0 Å². The Labute approximate surface area is 142 Å². The number of nitrogens with zero attached hydrogens (tertiary/aromatic N) is 2. The summed E-state index contributed by atoms with van der Waals surface area (Å²) in [7, 11) is 0. The van der Waals surface area contributed by atoms with Gasteiger partial charge in [-0.2, -0.15) is 5.10 Å². The third kappa shape index (κ3) is 2.96. The van der Waals surface area contributed by atoms with Crippen LogP contribution in [0, 0.1) is 5.92 Å². The summed E-state index contributed by atoms with van der Waals surface area (Å²) in [6, 6.07) is 13.4. The fourth-order valence-corrected chi connectivity index (χ4v) is 4.33. The largest absolute Gasteiger partial charge is 0.355 e. The number of fused-ring (bicyclic) bond motifs is 1. The van der Waals surface area contributed by atoms with Gasteiger partial charge in [0.1, 0.15) is 0 Å². The molecule has 1 aromatic heterocycles. The predicted molar refractivity (Wildman–Crippen MR) is 92.3 cm³/mol. The summed E-state index contributed by atoms with van der Waals surface area (Å²) in [5, 5.41) is 10.0. The second-order valence-corrected chi connectivity index (χ2v) is 6.84. The lowest BCUT2D eigenvalue weighted by Gasteiger charge is -2.24. The van der Waals surface area contributed by atoms with Crippen LogP contribution in [0.5, 0.6) is 0 Å². The van der Waals surface area contributed by atoms with Gasteiger partial charge in [-0.3, -0.25) is 14.8 Å². The molecule has 0 radical (unpaired) electrons. The standard InChI is InChI=1S/C19H24N4O/c24-19(20-10-8-15-9-11-21-22-15)16-13-18(14-5-2-1-3-6-14)23-12-4-7-17(16)23/h1-3,5-6,9,11,16-18H,4,7-8,10,12-13H2,(H,20,24)(H,21,22)/t16-,17+,18-/m0/s1. The zero-order valence-electron chi connectivity index (χ0n) is 13.8. The van der Waals surface area contributed by atoms with Gasteiger partial charge in [-0.05, 0) is 37.4 Å². The molecule has 3 heterocycles. The molecular formula is C19H24N4O. The number of aromatic amines is 1. The minimum Gasteiger partial charge on any atom is -0.355 e. The zero-order chi connectivity index (χ0) is 16.4. The molecule has 0 bridgehead atoms. The van der Waals surface area contributed by atoms with Gasteiger partial charge < -0.3 is 5.32 Å². The van der Waals surface area contributed by atoms with Crippen molar-refractivity contribution in [2.24, 2.45) is 5.92 Å². The first kappa shape index (κ1) is 15.4. The minimum absolute atomic E-state index is 0.111. The highest BCUT2D eigenvalue weighted by Crippen LogP contribution is 2.44. The quantitative estimate of drug-likeness (QED) is 0.887. The first-order chi connectivity index (χ1) is 11.8. The smallest absolute Gasteiger partial charge is 0.224 e. The van der Waals surface area contributed by atoms with Gasteiger partial charge in [-0.25, -0.2) is 0 Å². The number of H-pyrrole nitrogens is 1. The van der Waals surface area contributed by atoms with E-state index in [1.54, 1.807) is 6.20 Å². The molecule has 1 amide bonds. The fraction of sp³-hybridized carbons (Fsp3) is 0.474. The van der Waals surface area contributed by atoms with Crippen LogP contribution < -0.4 is 5.32 Å². The SMILES string of the molecule is O=C(NCCc1ccn[nH]1)[C@H]1C[C@@H](c2ccccc2)N2CCC[C@H]12. The Morgan fingerprint density at radius 3 is 2.96 bits per heavy atom. The lowest BCUT2D eigenvalue weighted by Crippen LogP contribution is -2.38. The number of benzene rings is 1. The van der Waals surface area contributed by atoms with E-state index in [-0.39, 0.29) is 11.8 Å². The second-order valence-electron chi connectivity index (χ2n) is 6.84. The number of aromatic nitrogens is 2. The van der Waals surface area contributed by atoms with Crippen LogP contribution in [0.3, 0.4) is 0 Å². The Kier molecular flexibility index (Phi) is 4.34. The van der Waals surface area contributed by atoms with Crippen LogP contribution in [-0.2, 0) is 11.2 Å². The van der Waals surface area contributed by atoms with E-state index in [2.05, 4.69) is 50.7 Å². The van der Waals surface area contributed by atoms with E-state index in [1.807, 2.05) is 6.07 Å². The van der Waals surface area contributed by atoms with Crippen LogP contribution in [0.2, 0.25) is 0 Å². The third-order valence-electron chi connectivity index (χ3n) is 5.46. The molecule has 5 heteroatoms. The molecule has 4 rings (SSSR count). The van der Waals surface area contributed by atoms with Gasteiger partial charge in [0.15, 0.2) is 0 Å². The van der Waals surface area contributed by atoms with Gasteiger partial charge in [-0.1, -0.05) is 30.3 Å². The van der Waals surface area contributed by atoms with E-state index in [4.69, 9.17) is 0 Å². The van der Waals surface area contributed by atoms with Gasteiger partial charge in [0.2, 0.25) is 5.91 Å². The molecule has 0 spiro atoms. The molecule has 2 saturated heterocycles. The number of carbonyl (C=O) groups excluding carboxylic acids is 1.